The molecule has 2 heterocycles. The van der Waals surface area contributed by atoms with Crippen molar-refractivity contribution in [3.8, 4) is 0 Å². The average Bonchev–Trinajstić information content (AvgIpc) is 2.65. The van der Waals surface area contributed by atoms with Gasteiger partial charge in [0.2, 0.25) is 15.2 Å². The highest BCUT2D eigenvalue weighted by Gasteiger charge is 2.20. The third-order valence-corrected chi connectivity index (χ3v) is 4.10. The highest BCUT2D eigenvalue weighted by molar-refractivity contribution is 7.92. The van der Waals surface area contributed by atoms with Crippen LogP contribution in [0, 0.1) is 0 Å². The fourth-order valence-corrected chi connectivity index (χ4v) is 3.41. The van der Waals surface area contributed by atoms with Gasteiger partial charge in [-0.05, 0) is 25.9 Å². The fraction of sp³-hybridized carbons (Fsp3) is 0.750. The molecule has 2 N–H and O–H groups in total. The third-order valence-electron chi connectivity index (χ3n) is 2.40. The summed E-state index contributed by atoms with van der Waals surface area (Å²) in [5, 5.41) is 12.4. The predicted molar refractivity (Wildman–Crippen MR) is 77.7 cm³/mol. The first-order valence-electron chi connectivity index (χ1n) is 5.06. The lowest BCUT2D eigenvalue weighted by Crippen LogP contribution is -2.26. The zero-order valence-corrected chi connectivity index (χ0v) is 13.0. The zero-order valence-electron chi connectivity index (χ0n) is 9.75. The first kappa shape index (κ1) is 17.8. The van der Waals surface area contributed by atoms with Crippen LogP contribution in [0.4, 0.5) is 5.13 Å². The lowest BCUT2D eigenvalue weighted by Gasteiger charge is -2.19. The number of hydrogen-bond donors (Lipinski definition) is 2. The standard InChI is InChI=1S/C8H14N4O2S2.2ClH/c1-16(13,14)12-8-11-10-7(15-8)6-2-4-9-5-3-6;;/h6,9H,2-5H2,1H3,(H,11,12);2*1H. The van der Waals surface area contributed by atoms with E-state index in [-0.39, 0.29) is 24.8 Å². The summed E-state index contributed by atoms with van der Waals surface area (Å²) in [5.74, 6) is 0.411. The summed E-state index contributed by atoms with van der Waals surface area (Å²) < 4.78 is 24.4. The Balaban J connectivity index is 0.00000144. The summed E-state index contributed by atoms with van der Waals surface area (Å²) in [6, 6.07) is 0. The van der Waals surface area contributed by atoms with Crippen LogP contribution in [-0.4, -0.2) is 38.0 Å². The Bertz CT molecular complexity index is 459. The molecule has 0 aliphatic carbocycles. The van der Waals surface area contributed by atoms with Crippen LogP contribution in [0.1, 0.15) is 23.8 Å². The van der Waals surface area contributed by atoms with Crippen LogP contribution in [0.15, 0.2) is 0 Å². The van der Waals surface area contributed by atoms with Crippen LogP contribution in [0.5, 0.6) is 0 Å². The molecule has 1 aliphatic rings. The third kappa shape index (κ3) is 5.23. The number of sulfonamides is 1. The molecule has 0 bridgehead atoms. The molecule has 0 aromatic carbocycles. The van der Waals surface area contributed by atoms with Gasteiger partial charge < -0.3 is 5.32 Å². The van der Waals surface area contributed by atoms with E-state index in [0.29, 0.717) is 11.0 Å². The molecule has 0 radical (unpaired) electrons. The van der Waals surface area contributed by atoms with Crippen molar-refractivity contribution in [1.82, 2.24) is 15.5 Å². The SMILES string of the molecule is CS(=O)(=O)Nc1nnc(C2CCNCC2)s1.Cl.Cl. The van der Waals surface area contributed by atoms with Crippen molar-refractivity contribution in [3.05, 3.63) is 5.01 Å². The molecule has 1 aliphatic heterocycles. The molecule has 0 amide bonds. The van der Waals surface area contributed by atoms with E-state index in [9.17, 15) is 8.42 Å². The van der Waals surface area contributed by atoms with Crippen molar-refractivity contribution >= 4 is 51.3 Å². The van der Waals surface area contributed by atoms with Gasteiger partial charge in [-0.2, -0.15) is 0 Å². The van der Waals surface area contributed by atoms with Crippen LogP contribution in [0.3, 0.4) is 0 Å². The molecule has 0 unspecified atom stereocenters. The minimum atomic E-state index is -3.25. The molecule has 1 saturated heterocycles. The second kappa shape index (κ2) is 7.44. The van der Waals surface area contributed by atoms with Gasteiger partial charge in [-0.25, -0.2) is 8.42 Å². The summed E-state index contributed by atoms with van der Waals surface area (Å²) in [5.41, 5.74) is 0. The Hall–Kier alpha value is -0.150. The van der Waals surface area contributed by atoms with E-state index in [1.54, 1.807) is 0 Å². The molecule has 10 heteroatoms. The van der Waals surface area contributed by atoms with Gasteiger partial charge in [0.25, 0.3) is 0 Å². The minimum absolute atomic E-state index is 0. The van der Waals surface area contributed by atoms with Crippen LogP contribution < -0.4 is 10.0 Å². The molecule has 0 atom stereocenters. The number of hydrogen-bond acceptors (Lipinski definition) is 6. The van der Waals surface area contributed by atoms with Crippen LogP contribution in [0.2, 0.25) is 0 Å². The monoisotopic (exact) mass is 334 g/mol. The molecule has 18 heavy (non-hydrogen) atoms. The molecule has 2 rings (SSSR count). The molecule has 106 valence electrons. The zero-order chi connectivity index (χ0) is 11.6. The highest BCUT2D eigenvalue weighted by Crippen LogP contribution is 2.29. The second-order valence-electron chi connectivity index (χ2n) is 3.84. The summed E-state index contributed by atoms with van der Waals surface area (Å²) in [7, 11) is -3.25. The number of halogens is 2. The molecule has 0 saturated carbocycles. The van der Waals surface area contributed by atoms with Crippen LogP contribution >= 0.6 is 36.2 Å². The second-order valence-corrected chi connectivity index (χ2v) is 6.60. The molecule has 0 spiro atoms. The number of nitrogens with one attached hydrogen (secondary N) is 2. The van der Waals surface area contributed by atoms with Crippen molar-refractivity contribution in [3.63, 3.8) is 0 Å². The van der Waals surface area contributed by atoms with Crippen molar-refractivity contribution < 1.29 is 8.42 Å². The van der Waals surface area contributed by atoms with Crippen molar-refractivity contribution in [1.29, 1.82) is 0 Å². The molecule has 1 aromatic heterocycles. The van der Waals surface area contributed by atoms with E-state index >= 15 is 0 Å². The van der Waals surface area contributed by atoms with Crippen molar-refractivity contribution in [2.75, 3.05) is 24.1 Å². The lowest BCUT2D eigenvalue weighted by atomic mass is 9.99. The highest BCUT2D eigenvalue weighted by atomic mass is 35.5. The van der Waals surface area contributed by atoms with E-state index in [4.69, 9.17) is 0 Å². The fourth-order valence-electron chi connectivity index (χ4n) is 1.67. The minimum Gasteiger partial charge on any atom is -0.317 e. The number of anilines is 1. The molecule has 6 nitrogen and oxygen atoms in total. The van der Waals surface area contributed by atoms with Gasteiger partial charge in [0, 0.05) is 5.92 Å². The Labute approximate surface area is 123 Å². The number of piperidine rings is 1. The van der Waals surface area contributed by atoms with E-state index in [1.165, 1.54) is 11.3 Å². The number of nitrogens with zero attached hydrogens (tertiary/aromatic N) is 2. The van der Waals surface area contributed by atoms with E-state index in [1.807, 2.05) is 0 Å². The summed E-state index contributed by atoms with van der Waals surface area (Å²) in [6.45, 7) is 1.97. The van der Waals surface area contributed by atoms with Gasteiger partial charge in [-0.1, -0.05) is 11.3 Å². The lowest BCUT2D eigenvalue weighted by molar-refractivity contribution is 0.457. The Kier molecular flexibility index (Phi) is 7.38. The Morgan fingerprint density at radius 2 is 1.89 bits per heavy atom. The first-order valence-corrected chi connectivity index (χ1v) is 7.77. The normalized spacial score (nSPS) is 16.5. The number of aromatic nitrogens is 2. The Morgan fingerprint density at radius 1 is 1.28 bits per heavy atom. The van der Waals surface area contributed by atoms with E-state index < -0.39 is 10.0 Å². The smallest absolute Gasteiger partial charge is 0.231 e. The van der Waals surface area contributed by atoms with Gasteiger partial charge in [-0.3, -0.25) is 4.72 Å². The van der Waals surface area contributed by atoms with E-state index in [0.717, 1.165) is 37.2 Å². The molecular weight excluding hydrogens is 319 g/mol. The summed E-state index contributed by atoms with van der Waals surface area (Å²) in [6.07, 6.45) is 3.18. The van der Waals surface area contributed by atoms with Crippen LogP contribution in [-0.2, 0) is 10.0 Å². The van der Waals surface area contributed by atoms with Crippen molar-refractivity contribution in [2.45, 2.75) is 18.8 Å². The van der Waals surface area contributed by atoms with Gasteiger partial charge in [0.1, 0.15) is 5.01 Å². The maximum absolute atomic E-state index is 11.0. The van der Waals surface area contributed by atoms with Gasteiger partial charge >= 0.3 is 0 Å². The van der Waals surface area contributed by atoms with Crippen molar-refractivity contribution in [2.24, 2.45) is 0 Å². The van der Waals surface area contributed by atoms with Gasteiger partial charge in [0.05, 0.1) is 6.26 Å². The Morgan fingerprint density at radius 3 is 2.44 bits per heavy atom. The molecular formula is C8H16Cl2N4O2S2. The quantitative estimate of drug-likeness (QED) is 0.868. The topological polar surface area (TPSA) is 84.0 Å². The summed E-state index contributed by atoms with van der Waals surface area (Å²) >= 11 is 1.33. The average molecular weight is 335 g/mol. The predicted octanol–water partition coefficient (Wildman–Crippen LogP) is 1.22. The maximum Gasteiger partial charge on any atom is 0.231 e. The largest absolute Gasteiger partial charge is 0.317 e. The van der Waals surface area contributed by atoms with Gasteiger partial charge in [0.15, 0.2) is 0 Å². The number of rotatable bonds is 3. The molecule has 1 aromatic rings. The van der Waals surface area contributed by atoms with E-state index in [2.05, 4.69) is 20.2 Å². The first-order chi connectivity index (χ1) is 7.54. The maximum atomic E-state index is 11.0. The van der Waals surface area contributed by atoms with Gasteiger partial charge in [-0.15, -0.1) is 35.0 Å². The summed E-state index contributed by atoms with van der Waals surface area (Å²) in [4.78, 5) is 0. The van der Waals surface area contributed by atoms with Crippen LogP contribution in [0.25, 0.3) is 0 Å². The molecule has 1 fully saturated rings.